The van der Waals surface area contributed by atoms with Crippen molar-refractivity contribution in [3.63, 3.8) is 0 Å². The summed E-state index contributed by atoms with van der Waals surface area (Å²) in [5, 5.41) is 14.6. The smallest absolute Gasteiger partial charge is 0.266 e. The molecule has 148 valence electrons. The Kier molecular flexibility index (Phi) is 5.21. The van der Waals surface area contributed by atoms with Crippen molar-refractivity contribution in [2.45, 2.75) is 17.2 Å². The predicted octanol–water partition coefficient (Wildman–Crippen LogP) is 3.29. The summed E-state index contributed by atoms with van der Waals surface area (Å²) in [6.07, 6.45) is 0.633. The van der Waals surface area contributed by atoms with Crippen LogP contribution in [0.5, 0.6) is 0 Å². The van der Waals surface area contributed by atoms with E-state index < -0.39 is 17.4 Å². The van der Waals surface area contributed by atoms with Crippen molar-refractivity contribution in [3.8, 4) is 0 Å². The van der Waals surface area contributed by atoms with Gasteiger partial charge in [-0.3, -0.25) is 14.5 Å². The number of nitrogens with zero attached hydrogens (tertiary/aromatic N) is 2. The molecule has 2 fully saturated rings. The van der Waals surface area contributed by atoms with Crippen LogP contribution in [0.3, 0.4) is 0 Å². The number of rotatable bonds is 3. The number of hydrogen-bond donors (Lipinski definition) is 3. The van der Waals surface area contributed by atoms with Gasteiger partial charge in [0.2, 0.25) is 11.9 Å². The van der Waals surface area contributed by atoms with Gasteiger partial charge in [0.1, 0.15) is 5.82 Å². The topological polar surface area (TPSA) is 90.3 Å². The average molecular weight is 442 g/mol. The summed E-state index contributed by atoms with van der Waals surface area (Å²) < 4.78 is 20.6. The van der Waals surface area contributed by atoms with Gasteiger partial charge in [-0.2, -0.15) is 4.39 Å². The maximum Gasteiger partial charge on any atom is 0.266 e. The third-order valence-corrected chi connectivity index (χ3v) is 7.69. The van der Waals surface area contributed by atoms with Gasteiger partial charge in [-0.15, -0.1) is 11.3 Å². The fourth-order valence-electron chi connectivity index (χ4n) is 3.28. The number of fused-ring (bicyclic) bond motifs is 1. The Hall–Kier alpha value is -1.88. The van der Waals surface area contributed by atoms with Crippen molar-refractivity contribution in [2.24, 2.45) is 0 Å². The Morgan fingerprint density at radius 3 is 3.18 bits per heavy atom. The molecule has 0 aliphatic carbocycles. The molecule has 2 atom stereocenters. The molecule has 0 bridgehead atoms. The van der Waals surface area contributed by atoms with Crippen molar-refractivity contribution in [2.75, 3.05) is 25.6 Å². The predicted molar refractivity (Wildman–Crippen MR) is 109 cm³/mol. The van der Waals surface area contributed by atoms with E-state index in [9.17, 15) is 9.18 Å². The summed E-state index contributed by atoms with van der Waals surface area (Å²) in [7, 11) is 1.82. The Balaban J connectivity index is 1.64. The molecule has 4 heterocycles. The summed E-state index contributed by atoms with van der Waals surface area (Å²) in [5.74, 6) is -0.667. The molecule has 3 N–H and O–H groups in total. The lowest BCUT2D eigenvalue weighted by atomic mass is 9.87. The fourth-order valence-corrected chi connectivity index (χ4v) is 6.15. The monoisotopic (exact) mass is 441 g/mol. The van der Waals surface area contributed by atoms with Crippen molar-refractivity contribution in [3.05, 3.63) is 45.0 Å². The van der Waals surface area contributed by atoms with Gasteiger partial charge in [0.05, 0.1) is 32.2 Å². The minimum Gasteiger partial charge on any atom is -0.380 e. The highest BCUT2D eigenvalue weighted by atomic mass is 35.5. The van der Waals surface area contributed by atoms with Gasteiger partial charge in [-0.25, -0.2) is 4.98 Å². The first-order valence-electron chi connectivity index (χ1n) is 8.48. The van der Waals surface area contributed by atoms with Crippen LogP contribution in [-0.2, 0) is 10.3 Å². The van der Waals surface area contributed by atoms with Crippen molar-refractivity contribution in [1.29, 1.82) is 5.41 Å². The van der Waals surface area contributed by atoms with Gasteiger partial charge >= 0.3 is 0 Å². The summed E-state index contributed by atoms with van der Waals surface area (Å²) in [6, 6.07) is 5.80. The number of carbonyl (C=O) groups excluding carboxylic acids is 1. The summed E-state index contributed by atoms with van der Waals surface area (Å²) in [5.41, 5.74) is -0.579. The molecule has 2 aliphatic heterocycles. The molecule has 2 aliphatic rings. The van der Waals surface area contributed by atoms with E-state index in [4.69, 9.17) is 21.7 Å². The zero-order chi connectivity index (χ0) is 19.9. The van der Waals surface area contributed by atoms with Gasteiger partial charge in [-0.1, -0.05) is 17.7 Å². The fraction of sp³-hybridized carbons (Fsp3) is 0.353. The molecule has 1 amide bonds. The maximum absolute atomic E-state index is 13.3. The molecule has 0 saturated carbocycles. The van der Waals surface area contributed by atoms with E-state index in [0.717, 1.165) is 4.88 Å². The van der Waals surface area contributed by atoms with Gasteiger partial charge in [0, 0.05) is 20.1 Å². The van der Waals surface area contributed by atoms with E-state index >= 15 is 0 Å². The van der Waals surface area contributed by atoms with Gasteiger partial charge in [0.25, 0.3) is 5.91 Å². The van der Waals surface area contributed by atoms with Crippen LogP contribution in [0, 0.1) is 11.4 Å². The Morgan fingerprint density at radius 1 is 1.57 bits per heavy atom. The van der Waals surface area contributed by atoms with E-state index in [1.165, 1.54) is 41.5 Å². The molecule has 4 rings (SSSR count). The largest absolute Gasteiger partial charge is 0.380 e. The van der Waals surface area contributed by atoms with Gasteiger partial charge < -0.3 is 15.4 Å². The number of thiophene rings is 1. The summed E-state index contributed by atoms with van der Waals surface area (Å²) in [4.78, 5) is 17.5. The number of ether oxygens (including phenoxy) is 1. The van der Waals surface area contributed by atoms with Crippen LogP contribution < -0.4 is 10.6 Å². The van der Waals surface area contributed by atoms with Crippen LogP contribution in [0.4, 0.5) is 10.2 Å². The van der Waals surface area contributed by atoms with Crippen LogP contribution >= 0.6 is 34.9 Å². The molecular formula is C17H17ClFN5O2S2. The number of guanidine groups is 1. The second-order valence-electron chi connectivity index (χ2n) is 6.45. The molecule has 0 radical (unpaired) electrons. The molecule has 28 heavy (non-hydrogen) atoms. The molecule has 2 saturated heterocycles. The molecule has 0 aromatic carbocycles. The number of nitrogens with one attached hydrogen (secondary N) is 3. The first-order valence-corrected chi connectivity index (χ1v) is 10.5. The Morgan fingerprint density at radius 2 is 2.39 bits per heavy atom. The van der Waals surface area contributed by atoms with Gasteiger partial charge in [0.15, 0.2) is 0 Å². The lowest BCUT2D eigenvalue weighted by Gasteiger charge is -2.49. The highest BCUT2D eigenvalue weighted by Gasteiger charge is 2.50. The number of halogens is 2. The van der Waals surface area contributed by atoms with Crippen LogP contribution in [0.2, 0.25) is 5.02 Å². The number of anilines is 1. The number of aromatic nitrogens is 1. The Bertz CT molecular complexity index is 942. The lowest BCUT2D eigenvalue weighted by molar-refractivity contribution is 0.0483. The molecule has 2 aromatic rings. The molecule has 0 spiro atoms. The van der Waals surface area contributed by atoms with Crippen molar-refractivity contribution < 1.29 is 13.9 Å². The van der Waals surface area contributed by atoms with Crippen LogP contribution in [-0.4, -0.2) is 46.7 Å². The SMILES string of the molecule is CN1SC2COCCC2(c2sc(C(=O)Nc3cccc(F)n3)cc2Cl)NC1=N. The minimum atomic E-state index is -0.669. The highest BCUT2D eigenvalue weighted by Crippen LogP contribution is 2.48. The summed E-state index contributed by atoms with van der Waals surface area (Å²) >= 11 is 9.31. The first kappa shape index (κ1) is 19.4. The molecule has 11 heteroatoms. The molecular weight excluding hydrogens is 425 g/mol. The number of amides is 1. The van der Waals surface area contributed by atoms with Crippen LogP contribution in [0.25, 0.3) is 0 Å². The molecule has 2 aromatic heterocycles. The minimum absolute atomic E-state index is 0.0114. The van der Waals surface area contributed by atoms with E-state index in [1.807, 2.05) is 7.05 Å². The first-order chi connectivity index (χ1) is 13.4. The van der Waals surface area contributed by atoms with Crippen LogP contribution in [0.15, 0.2) is 24.3 Å². The normalized spacial score (nSPS) is 24.5. The lowest BCUT2D eigenvalue weighted by Crippen LogP contribution is -2.63. The van der Waals surface area contributed by atoms with Crippen molar-refractivity contribution >= 4 is 52.6 Å². The van der Waals surface area contributed by atoms with Gasteiger partial charge in [-0.05, 0) is 30.1 Å². The second-order valence-corrected chi connectivity index (χ2v) is 9.24. The van der Waals surface area contributed by atoms with E-state index in [1.54, 1.807) is 10.4 Å². The Labute approximate surface area is 174 Å². The van der Waals surface area contributed by atoms with E-state index in [-0.39, 0.29) is 17.0 Å². The molecule has 2 unspecified atom stereocenters. The average Bonchev–Trinajstić information content (AvgIpc) is 3.05. The third kappa shape index (κ3) is 3.45. The number of hydrogen-bond acceptors (Lipinski definition) is 6. The number of pyridine rings is 1. The van der Waals surface area contributed by atoms with E-state index in [2.05, 4.69) is 15.6 Å². The highest BCUT2D eigenvalue weighted by molar-refractivity contribution is 7.98. The third-order valence-electron chi connectivity index (χ3n) is 4.67. The quantitative estimate of drug-likeness (QED) is 0.500. The summed E-state index contributed by atoms with van der Waals surface area (Å²) in [6.45, 7) is 1.04. The zero-order valence-corrected chi connectivity index (χ0v) is 17.2. The second kappa shape index (κ2) is 7.51. The molecule has 7 nitrogen and oxygen atoms in total. The standard InChI is InChI=1S/C17H17ClFN5O2S2/c1-24-16(20)23-17(5-6-26-8-11(17)28-24)14-9(18)7-10(27-14)15(25)22-13-4-2-3-12(19)21-13/h2-4,7,11H,5-6,8H2,1H3,(H2,20,23)(H,21,22,25). The number of carbonyl (C=O) groups is 1. The zero-order valence-electron chi connectivity index (χ0n) is 14.8. The maximum atomic E-state index is 13.3. The van der Waals surface area contributed by atoms with Crippen molar-refractivity contribution in [1.82, 2.24) is 14.6 Å². The van der Waals surface area contributed by atoms with Crippen LogP contribution in [0.1, 0.15) is 21.0 Å². The van der Waals surface area contributed by atoms with E-state index in [0.29, 0.717) is 29.5 Å².